The molecule has 0 amide bonds. The van der Waals surface area contributed by atoms with Crippen LogP contribution in [0.25, 0.3) is 38.6 Å². The molecule has 2 aromatic carbocycles. The van der Waals surface area contributed by atoms with Crippen LogP contribution in [-0.4, -0.2) is 14.8 Å². The molecule has 0 aliphatic rings. The van der Waals surface area contributed by atoms with Gasteiger partial charge in [0.2, 0.25) is 0 Å². The number of aryl methyl sites for hydroxylation is 3. The molecule has 0 N–H and O–H groups in total. The van der Waals surface area contributed by atoms with Gasteiger partial charge in [0, 0.05) is 12.3 Å². The van der Waals surface area contributed by atoms with Crippen LogP contribution in [0.2, 0.25) is 0 Å². The van der Waals surface area contributed by atoms with Crippen LogP contribution in [0, 0.1) is 26.6 Å². The molecule has 0 radical (unpaired) electrons. The fourth-order valence-corrected chi connectivity index (χ4v) is 4.52. The van der Waals surface area contributed by atoms with Gasteiger partial charge >= 0.3 is 0 Å². The molecule has 31 heavy (non-hydrogen) atoms. The van der Waals surface area contributed by atoms with Crippen LogP contribution < -0.4 is 5.43 Å². The van der Waals surface area contributed by atoms with E-state index in [9.17, 15) is 9.18 Å². The van der Waals surface area contributed by atoms with Crippen LogP contribution >= 0.6 is 11.3 Å². The molecular weight excluding hydrogens is 413 g/mol. The second-order valence-electron chi connectivity index (χ2n) is 7.43. The summed E-state index contributed by atoms with van der Waals surface area (Å²) in [5.74, 6) is 0.108. The second kappa shape index (κ2) is 7.28. The van der Waals surface area contributed by atoms with Crippen LogP contribution in [0.5, 0.6) is 0 Å². The van der Waals surface area contributed by atoms with Gasteiger partial charge in [-0.25, -0.2) is 14.1 Å². The molecule has 0 bridgehead atoms. The molecule has 0 saturated carbocycles. The number of fused-ring (bicyclic) bond motifs is 1. The molecule has 0 aliphatic carbocycles. The summed E-state index contributed by atoms with van der Waals surface area (Å²) in [6.07, 6.45) is 1.80. The number of hydrogen-bond donors (Lipinski definition) is 0. The van der Waals surface area contributed by atoms with Gasteiger partial charge in [-0.15, -0.1) is 11.3 Å². The lowest BCUT2D eigenvalue weighted by molar-refractivity contribution is 0.619. The summed E-state index contributed by atoms with van der Waals surface area (Å²) in [6, 6.07) is 13.1. The van der Waals surface area contributed by atoms with Crippen molar-refractivity contribution >= 4 is 22.3 Å². The molecule has 0 atom stereocenters. The number of nitrogens with zero attached hydrogens (tertiary/aromatic N) is 3. The van der Waals surface area contributed by atoms with Crippen molar-refractivity contribution in [2.45, 2.75) is 20.8 Å². The highest BCUT2D eigenvalue weighted by Crippen LogP contribution is 2.37. The third kappa shape index (κ3) is 3.47. The topological polar surface area (TPSA) is 60.9 Å². The molecule has 7 heteroatoms. The summed E-state index contributed by atoms with van der Waals surface area (Å²) in [5, 5.41) is 6.22. The predicted molar refractivity (Wildman–Crippen MR) is 120 cm³/mol. The van der Waals surface area contributed by atoms with E-state index in [2.05, 4.69) is 4.98 Å². The zero-order valence-electron chi connectivity index (χ0n) is 17.1. The van der Waals surface area contributed by atoms with E-state index in [1.807, 2.05) is 39.0 Å². The number of halogens is 1. The highest BCUT2D eigenvalue weighted by atomic mass is 32.1. The fraction of sp³-hybridized carbons (Fsp3) is 0.125. The Morgan fingerprint density at radius 2 is 1.81 bits per heavy atom. The fourth-order valence-electron chi connectivity index (χ4n) is 3.60. The van der Waals surface area contributed by atoms with Crippen molar-refractivity contribution in [2.24, 2.45) is 0 Å². The first-order chi connectivity index (χ1) is 14.9. The molecule has 0 spiro atoms. The molecule has 0 saturated heterocycles. The zero-order chi connectivity index (χ0) is 21.7. The van der Waals surface area contributed by atoms with Gasteiger partial charge in [0.05, 0.1) is 32.2 Å². The number of aromatic nitrogens is 3. The van der Waals surface area contributed by atoms with Crippen LogP contribution in [-0.2, 0) is 0 Å². The summed E-state index contributed by atoms with van der Waals surface area (Å²) < 4.78 is 21.2. The number of thiazole rings is 1. The summed E-state index contributed by atoms with van der Waals surface area (Å²) in [7, 11) is 0. The first-order valence-corrected chi connectivity index (χ1v) is 10.6. The standard InChI is InChI=1S/C24H18FN3O2S/c1-13-4-9-21-18(10-13)20(29)11-22(30-21)19-12-28(17-7-5-16(25)6-8-17)27-23(19)24-14(2)26-15(3)31-24/h4-12H,1-3H3. The predicted octanol–water partition coefficient (Wildman–Crippen LogP) is 5.83. The third-order valence-corrected chi connectivity index (χ3v) is 6.15. The van der Waals surface area contributed by atoms with E-state index in [1.54, 1.807) is 23.0 Å². The zero-order valence-corrected chi connectivity index (χ0v) is 18.0. The molecule has 0 aliphatic heterocycles. The Morgan fingerprint density at radius 3 is 2.52 bits per heavy atom. The molecular formula is C24H18FN3O2S. The maximum absolute atomic E-state index is 13.4. The number of benzene rings is 2. The van der Waals surface area contributed by atoms with Crippen molar-refractivity contribution in [3.63, 3.8) is 0 Å². The summed E-state index contributed by atoms with van der Waals surface area (Å²) in [4.78, 5) is 18.2. The van der Waals surface area contributed by atoms with Gasteiger partial charge < -0.3 is 4.42 Å². The van der Waals surface area contributed by atoms with E-state index >= 15 is 0 Å². The SMILES string of the molecule is Cc1ccc2oc(-c3cn(-c4ccc(F)cc4)nc3-c3sc(C)nc3C)cc(=O)c2c1. The maximum atomic E-state index is 13.4. The Morgan fingerprint density at radius 1 is 1.03 bits per heavy atom. The Bertz CT molecular complexity index is 1500. The van der Waals surface area contributed by atoms with E-state index in [1.165, 1.54) is 29.5 Å². The van der Waals surface area contributed by atoms with Crippen LogP contribution in [0.3, 0.4) is 0 Å². The van der Waals surface area contributed by atoms with Crippen molar-refractivity contribution < 1.29 is 8.81 Å². The second-order valence-corrected chi connectivity index (χ2v) is 8.64. The molecule has 3 aromatic heterocycles. The molecule has 154 valence electrons. The minimum absolute atomic E-state index is 0.113. The largest absolute Gasteiger partial charge is 0.456 e. The summed E-state index contributed by atoms with van der Waals surface area (Å²) in [6.45, 7) is 5.81. The Labute approximate surface area is 181 Å². The molecule has 3 heterocycles. The van der Waals surface area contributed by atoms with Crippen molar-refractivity contribution in [1.29, 1.82) is 0 Å². The minimum atomic E-state index is -0.318. The van der Waals surface area contributed by atoms with Gasteiger partial charge in [0.15, 0.2) is 5.43 Å². The van der Waals surface area contributed by atoms with Gasteiger partial charge in [-0.2, -0.15) is 5.10 Å². The molecule has 0 fully saturated rings. The van der Waals surface area contributed by atoms with Crippen LogP contribution in [0.4, 0.5) is 4.39 Å². The highest BCUT2D eigenvalue weighted by Gasteiger charge is 2.21. The molecule has 5 nitrogen and oxygen atoms in total. The monoisotopic (exact) mass is 431 g/mol. The lowest BCUT2D eigenvalue weighted by Gasteiger charge is -2.04. The third-order valence-electron chi connectivity index (χ3n) is 5.07. The van der Waals surface area contributed by atoms with Crippen molar-refractivity contribution in [2.75, 3.05) is 0 Å². The quantitative estimate of drug-likeness (QED) is 0.360. The first kappa shape index (κ1) is 19.4. The van der Waals surface area contributed by atoms with Gasteiger partial charge in [-0.3, -0.25) is 4.79 Å². The Balaban J connectivity index is 1.76. The lowest BCUT2D eigenvalue weighted by atomic mass is 10.1. The average Bonchev–Trinajstić information content (AvgIpc) is 3.31. The highest BCUT2D eigenvalue weighted by molar-refractivity contribution is 7.15. The number of hydrogen-bond acceptors (Lipinski definition) is 5. The van der Waals surface area contributed by atoms with E-state index in [-0.39, 0.29) is 11.2 Å². The van der Waals surface area contributed by atoms with Crippen molar-refractivity contribution in [1.82, 2.24) is 14.8 Å². The first-order valence-electron chi connectivity index (χ1n) is 9.74. The van der Waals surface area contributed by atoms with E-state index < -0.39 is 0 Å². The van der Waals surface area contributed by atoms with E-state index in [0.717, 1.165) is 21.1 Å². The molecule has 5 aromatic rings. The maximum Gasteiger partial charge on any atom is 0.193 e. The summed E-state index contributed by atoms with van der Waals surface area (Å²) in [5.41, 5.74) is 4.30. The molecule has 5 rings (SSSR count). The van der Waals surface area contributed by atoms with Gasteiger partial charge in [0.1, 0.15) is 22.9 Å². The number of rotatable bonds is 3. The van der Waals surface area contributed by atoms with E-state index in [4.69, 9.17) is 9.52 Å². The Hall–Kier alpha value is -3.58. The van der Waals surface area contributed by atoms with Gasteiger partial charge in [0.25, 0.3) is 0 Å². The van der Waals surface area contributed by atoms with Crippen LogP contribution in [0.15, 0.2) is 63.9 Å². The van der Waals surface area contributed by atoms with E-state index in [0.29, 0.717) is 33.7 Å². The average molecular weight is 431 g/mol. The minimum Gasteiger partial charge on any atom is -0.456 e. The van der Waals surface area contributed by atoms with Gasteiger partial charge in [-0.05, 0) is 57.2 Å². The van der Waals surface area contributed by atoms with Crippen molar-refractivity contribution in [3.8, 4) is 27.6 Å². The van der Waals surface area contributed by atoms with Gasteiger partial charge in [-0.1, -0.05) is 11.6 Å². The smallest absolute Gasteiger partial charge is 0.193 e. The normalized spacial score (nSPS) is 11.4. The molecule has 0 unspecified atom stereocenters. The van der Waals surface area contributed by atoms with Crippen LogP contribution in [0.1, 0.15) is 16.3 Å². The van der Waals surface area contributed by atoms with Crippen molar-refractivity contribution in [3.05, 3.63) is 87.0 Å². The summed E-state index contributed by atoms with van der Waals surface area (Å²) >= 11 is 1.53. The lowest BCUT2D eigenvalue weighted by Crippen LogP contribution is -2.00. The Kier molecular flexibility index (Phi) is 4.55.